The second-order valence-corrected chi connectivity index (χ2v) is 5.07. The average molecular weight is 289 g/mol. The summed E-state index contributed by atoms with van der Waals surface area (Å²) in [5.74, 6) is -0.394. The molecule has 2 nitrogen and oxygen atoms in total. The van der Waals surface area contributed by atoms with Crippen LogP contribution in [0.3, 0.4) is 0 Å². The smallest absolute Gasteiger partial charge is 0.339 e. The minimum atomic E-state index is -0.394. The van der Waals surface area contributed by atoms with E-state index in [2.05, 4.69) is 13.8 Å². The fraction of sp³-hybridized carbons (Fsp3) is 0.500. The van der Waals surface area contributed by atoms with Crippen LogP contribution in [0.4, 0.5) is 0 Å². The first-order valence-corrected chi connectivity index (χ1v) is 7.00. The topological polar surface area (TPSA) is 26.3 Å². The largest absolute Gasteiger partial charge is 0.459 e. The van der Waals surface area contributed by atoms with Gasteiger partial charge >= 0.3 is 5.97 Å². The molecular weight excluding hydrogens is 271 g/mol. The van der Waals surface area contributed by atoms with Gasteiger partial charge < -0.3 is 4.74 Å². The molecule has 0 unspecified atom stereocenters. The Bertz CT molecular complexity index is 399. The standard InChI is InChI=1S/C14H18Cl2O2/c1-3-5-11(6-4-2)18-14(17)12-9-10(15)7-8-13(12)16/h7-9,11H,3-6H2,1-2H3. The lowest BCUT2D eigenvalue weighted by molar-refractivity contribution is 0.0258. The molecule has 4 heteroatoms. The van der Waals surface area contributed by atoms with Crippen molar-refractivity contribution in [3.8, 4) is 0 Å². The fourth-order valence-electron chi connectivity index (χ4n) is 1.77. The first kappa shape index (κ1) is 15.3. The van der Waals surface area contributed by atoms with Crippen LogP contribution in [0, 0.1) is 0 Å². The highest BCUT2D eigenvalue weighted by Gasteiger charge is 2.17. The van der Waals surface area contributed by atoms with Crippen LogP contribution in [0.5, 0.6) is 0 Å². The Balaban J connectivity index is 2.76. The number of carbonyl (C=O) groups is 1. The Hall–Kier alpha value is -0.730. The molecular formula is C14H18Cl2O2. The van der Waals surface area contributed by atoms with Crippen LogP contribution in [0.25, 0.3) is 0 Å². The van der Waals surface area contributed by atoms with Crippen molar-refractivity contribution in [1.29, 1.82) is 0 Å². The van der Waals surface area contributed by atoms with E-state index in [1.54, 1.807) is 18.2 Å². The van der Waals surface area contributed by atoms with Crippen molar-refractivity contribution in [3.63, 3.8) is 0 Å². The molecule has 0 aliphatic carbocycles. The molecule has 0 atom stereocenters. The first-order chi connectivity index (χ1) is 8.58. The second kappa shape index (κ2) is 7.65. The summed E-state index contributed by atoms with van der Waals surface area (Å²) in [5.41, 5.74) is 0.335. The van der Waals surface area contributed by atoms with Gasteiger partial charge in [-0.15, -0.1) is 0 Å². The van der Waals surface area contributed by atoms with Crippen LogP contribution < -0.4 is 0 Å². The summed E-state index contributed by atoms with van der Waals surface area (Å²) in [7, 11) is 0. The molecule has 0 aliphatic heterocycles. The maximum Gasteiger partial charge on any atom is 0.339 e. The zero-order valence-electron chi connectivity index (χ0n) is 10.7. The summed E-state index contributed by atoms with van der Waals surface area (Å²) in [6.07, 6.45) is 3.68. The van der Waals surface area contributed by atoms with Crippen molar-refractivity contribution >= 4 is 29.2 Å². The predicted octanol–water partition coefficient (Wildman–Crippen LogP) is 5.12. The van der Waals surface area contributed by atoms with Gasteiger partial charge in [0.1, 0.15) is 6.10 Å². The van der Waals surface area contributed by atoms with E-state index in [1.807, 2.05) is 0 Å². The molecule has 0 heterocycles. The van der Waals surface area contributed by atoms with Crippen molar-refractivity contribution in [2.45, 2.75) is 45.6 Å². The van der Waals surface area contributed by atoms with Gasteiger partial charge in [-0.3, -0.25) is 0 Å². The lowest BCUT2D eigenvalue weighted by Crippen LogP contribution is -2.18. The third-order valence-corrected chi connectivity index (χ3v) is 3.21. The van der Waals surface area contributed by atoms with E-state index < -0.39 is 5.97 Å². The van der Waals surface area contributed by atoms with Crippen LogP contribution in [0.2, 0.25) is 10.0 Å². The van der Waals surface area contributed by atoms with Crippen LogP contribution in [0.1, 0.15) is 49.9 Å². The highest BCUT2D eigenvalue weighted by molar-refractivity contribution is 6.35. The van der Waals surface area contributed by atoms with Gasteiger partial charge in [-0.1, -0.05) is 49.9 Å². The summed E-state index contributed by atoms with van der Waals surface area (Å²) in [6.45, 7) is 4.14. The monoisotopic (exact) mass is 288 g/mol. The zero-order chi connectivity index (χ0) is 13.5. The molecule has 18 heavy (non-hydrogen) atoms. The third-order valence-electron chi connectivity index (χ3n) is 2.64. The number of hydrogen-bond acceptors (Lipinski definition) is 2. The number of carbonyl (C=O) groups excluding carboxylic acids is 1. The van der Waals surface area contributed by atoms with Gasteiger partial charge in [0.15, 0.2) is 0 Å². The van der Waals surface area contributed by atoms with Crippen LogP contribution in [-0.2, 0) is 4.74 Å². The lowest BCUT2D eigenvalue weighted by atomic mass is 10.1. The maximum absolute atomic E-state index is 12.0. The number of benzene rings is 1. The Morgan fingerprint density at radius 2 is 1.83 bits per heavy atom. The number of hydrogen-bond donors (Lipinski definition) is 0. The summed E-state index contributed by atoms with van der Waals surface area (Å²) in [6, 6.07) is 4.80. The summed E-state index contributed by atoms with van der Waals surface area (Å²) >= 11 is 11.8. The van der Waals surface area contributed by atoms with Crippen LogP contribution in [0.15, 0.2) is 18.2 Å². The van der Waals surface area contributed by atoms with E-state index in [-0.39, 0.29) is 6.10 Å². The predicted molar refractivity (Wildman–Crippen MR) is 75.5 cm³/mol. The van der Waals surface area contributed by atoms with E-state index in [4.69, 9.17) is 27.9 Å². The molecule has 1 rings (SSSR count). The van der Waals surface area contributed by atoms with Gasteiger partial charge in [0.05, 0.1) is 10.6 Å². The van der Waals surface area contributed by atoms with Gasteiger partial charge in [0, 0.05) is 5.02 Å². The number of halogens is 2. The molecule has 0 radical (unpaired) electrons. The number of esters is 1. The third kappa shape index (κ3) is 4.51. The molecule has 0 saturated heterocycles. The SMILES string of the molecule is CCCC(CCC)OC(=O)c1cc(Cl)ccc1Cl. The van der Waals surface area contributed by atoms with Crippen molar-refractivity contribution in [2.75, 3.05) is 0 Å². The van der Waals surface area contributed by atoms with Gasteiger partial charge in [-0.25, -0.2) is 4.79 Å². The minimum absolute atomic E-state index is 0.0393. The molecule has 0 amide bonds. The molecule has 1 aromatic carbocycles. The summed E-state index contributed by atoms with van der Waals surface area (Å²) < 4.78 is 5.47. The summed E-state index contributed by atoms with van der Waals surface area (Å²) in [5, 5.41) is 0.852. The zero-order valence-corrected chi connectivity index (χ0v) is 12.2. The Labute approximate surface area is 118 Å². The molecule has 0 aliphatic rings. The average Bonchev–Trinajstić information content (AvgIpc) is 2.33. The first-order valence-electron chi connectivity index (χ1n) is 6.24. The number of ether oxygens (including phenoxy) is 1. The van der Waals surface area contributed by atoms with E-state index in [0.717, 1.165) is 25.7 Å². The van der Waals surface area contributed by atoms with E-state index >= 15 is 0 Å². The molecule has 100 valence electrons. The Morgan fingerprint density at radius 3 is 2.39 bits per heavy atom. The van der Waals surface area contributed by atoms with Gasteiger partial charge in [0.2, 0.25) is 0 Å². The van der Waals surface area contributed by atoms with Crippen molar-refractivity contribution in [3.05, 3.63) is 33.8 Å². The van der Waals surface area contributed by atoms with Gasteiger partial charge in [0.25, 0.3) is 0 Å². The molecule has 1 aromatic rings. The van der Waals surface area contributed by atoms with Crippen LogP contribution in [-0.4, -0.2) is 12.1 Å². The van der Waals surface area contributed by atoms with E-state index in [0.29, 0.717) is 15.6 Å². The molecule has 0 aromatic heterocycles. The second-order valence-electron chi connectivity index (χ2n) is 4.23. The quantitative estimate of drug-likeness (QED) is 0.679. The molecule has 0 fully saturated rings. The Morgan fingerprint density at radius 1 is 1.22 bits per heavy atom. The van der Waals surface area contributed by atoms with Crippen molar-refractivity contribution in [2.24, 2.45) is 0 Å². The molecule has 0 spiro atoms. The lowest BCUT2D eigenvalue weighted by Gasteiger charge is -2.17. The van der Waals surface area contributed by atoms with Gasteiger partial charge in [-0.2, -0.15) is 0 Å². The Kier molecular flexibility index (Phi) is 6.51. The van der Waals surface area contributed by atoms with Crippen molar-refractivity contribution < 1.29 is 9.53 Å². The van der Waals surface area contributed by atoms with E-state index in [9.17, 15) is 4.79 Å². The highest BCUT2D eigenvalue weighted by Crippen LogP contribution is 2.22. The minimum Gasteiger partial charge on any atom is -0.459 e. The number of rotatable bonds is 6. The van der Waals surface area contributed by atoms with Crippen LogP contribution >= 0.6 is 23.2 Å². The highest BCUT2D eigenvalue weighted by atomic mass is 35.5. The molecule has 0 bridgehead atoms. The summed E-state index contributed by atoms with van der Waals surface area (Å²) in [4.78, 5) is 12.0. The fourth-order valence-corrected chi connectivity index (χ4v) is 2.14. The molecule has 0 saturated carbocycles. The maximum atomic E-state index is 12.0. The normalized spacial score (nSPS) is 10.7. The van der Waals surface area contributed by atoms with E-state index in [1.165, 1.54) is 0 Å². The van der Waals surface area contributed by atoms with Gasteiger partial charge in [-0.05, 0) is 31.0 Å². The van der Waals surface area contributed by atoms with Crippen molar-refractivity contribution in [1.82, 2.24) is 0 Å². The molecule has 0 N–H and O–H groups in total.